The summed E-state index contributed by atoms with van der Waals surface area (Å²) < 4.78 is 0. The number of nitrogens with one attached hydrogen (secondary N) is 1. The van der Waals surface area contributed by atoms with Crippen LogP contribution in [0.4, 0.5) is 0 Å². The van der Waals surface area contributed by atoms with Gasteiger partial charge in [0.25, 0.3) is 11.8 Å². The summed E-state index contributed by atoms with van der Waals surface area (Å²) in [6, 6.07) is 6.71. The standard InChI is InChI=1S/C16H25N3O2.ClH/c1-11(2)16(3,10-17)18-14(20)12-7-6-8-13(9-12)15(21)19(4)5;/h6-9,11H,10,17H2,1-5H3,(H,18,20);1H. The number of carbonyl (C=O) groups excluding carboxylic acids is 2. The molecule has 0 saturated heterocycles. The third-order valence-corrected chi connectivity index (χ3v) is 3.88. The highest BCUT2D eigenvalue weighted by atomic mass is 35.5. The lowest BCUT2D eigenvalue weighted by atomic mass is 9.88. The summed E-state index contributed by atoms with van der Waals surface area (Å²) in [5, 5.41) is 2.97. The predicted octanol–water partition coefficient (Wildman–Crippen LogP) is 1.91. The second-order valence-electron chi connectivity index (χ2n) is 6.01. The third-order valence-electron chi connectivity index (χ3n) is 3.88. The molecule has 0 fully saturated rings. The van der Waals surface area contributed by atoms with Gasteiger partial charge < -0.3 is 16.0 Å². The van der Waals surface area contributed by atoms with E-state index in [4.69, 9.17) is 5.73 Å². The molecule has 0 aromatic heterocycles. The van der Waals surface area contributed by atoms with Crippen LogP contribution in [0.5, 0.6) is 0 Å². The van der Waals surface area contributed by atoms with Crippen LogP contribution in [-0.2, 0) is 0 Å². The number of hydrogen-bond acceptors (Lipinski definition) is 3. The molecule has 5 nitrogen and oxygen atoms in total. The number of hydrogen-bond donors (Lipinski definition) is 2. The number of benzene rings is 1. The fourth-order valence-corrected chi connectivity index (χ4v) is 1.81. The first-order chi connectivity index (χ1) is 9.71. The van der Waals surface area contributed by atoms with Crippen LogP contribution < -0.4 is 11.1 Å². The van der Waals surface area contributed by atoms with Crippen LogP contribution in [0.1, 0.15) is 41.5 Å². The first kappa shape index (κ1) is 20.4. The zero-order valence-corrected chi connectivity index (χ0v) is 14.7. The molecule has 2 amide bonds. The van der Waals surface area contributed by atoms with E-state index >= 15 is 0 Å². The van der Waals surface area contributed by atoms with E-state index in [9.17, 15) is 9.59 Å². The summed E-state index contributed by atoms with van der Waals surface area (Å²) in [6.07, 6.45) is 0. The number of nitrogens with zero attached hydrogens (tertiary/aromatic N) is 1. The number of nitrogens with two attached hydrogens (primary N) is 1. The van der Waals surface area contributed by atoms with Crippen molar-refractivity contribution in [3.05, 3.63) is 35.4 Å². The summed E-state index contributed by atoms with van der Waals surface area (Å²) in [4.78, 5) is 25.8. The second-order valence-corrected chi connectivity index (χ2v) is 6.01. The highest BCUT2D eigenvalue weighted by Crippen LogP contribution is 2.16. The van der Waals surface area contributed by atoms with E-state index < -0.39 is 5.54 Å². The van der Waals surface area contributed by atoms with E-state index in [0.29, 0.717) is 17.7 Å². The van der Waals surface area contributed by atoms with Crippen molar-refractivity contribution in [2.75, 3.05) is 20.6 Å². The molecule has 1 atom stereocenters. The average molecular weight is 328 g/mol. The number of rotatable bonds is 5. The number of halogens is 1. The Balaban J connectivity index is 0.00000441. The van der Waals surface area contributed by atoms with E-state index in [1.54, 1.807) is 38.4 Å². The summed E-state index contributed by atoms with van der Waals surface area (Å²) in [5.74, 6) is -0.141. The van der Waals surface area contributed by atoms with Gasteiger partial charge in [0, 0.05) is 31.8 Å². The smallest absolute Gasteiger partial charge is 0.253 e. The van der Waals surface area contributed by atoms with Crippen molar-refractivity contribution in [3.8, 4) is 0 Å². The van der Waals surface area contributed by atoms with Crippen molar-refractivity contribution >= 4 is 24.2 Å². The van der Waals surface area contributed by atoms with Crippen LogP contribution in [0.3, 0.4) is 0 Å². The SMILES string of the molecule is CC(C)C(C)(CN)NC(=O)c1cccc(C(=O)N(C)C)c1.Cl. The van der Waals surface area contributed by atoms with E-state index in [-0.39, 0.29) is 30.1 Å². The topological polar surface area (TPSA) is 75.4 Å². The number of carbonyl (C=O) groups is 2. The molecule has 1 rings (SSSR count). The van der Waals surface area contributed by atoms with E-state index in [1.165, 1.54) is 4.90 Å². The molecule has 0 spiro atoms. The Labute approximate surface area is 138 Å². The van der Waals surface area contributed by atoms with Crippen LogP contribution in [-0.4, -0.2) is 42.9 Å². The highest BCUT2D eigenvalue weighted by molar-refractivity contribution is 5.99. The molecule has 0 bridgehead atoms. The van der Waals surface area contributed by atoms with Crippen molar-refractivity contribution in [1.29, 1.82) is 0 Å². The molecule has 1 aromatic carbocycles. The molecule has 124 valence electrons. The lowest BCUT2D eigenvalue weighted by molar-refractivity contribution is 0.0827. The van der Waals surface area contributed by atoms with Gasteiger partial charge in [-0.1, -0.05) is 19.9 Å². The lowest BCUT2D eigenvalue weighted by Gasteiger charge is -2.33. The zero-order chi connectivity index (χ0) is 16.2. The van der Waals surface area contributed by atoms with Gasteiger partial charge in [-0.3, -0.25) is 9.59 Å². The van der Waals surface area contributed by atoms with Crippen molar-refractivity contribution in [3.63, 3.8) is 0 Å². The molecule has 6 heteroatoms. The molecule has 0 aliphatic heterocycles. The Hall–Kier alpha value is -1.59. The molecule has 22 heavy (non-hydrogen) atoms. The quantitative estimate of drug-likeness (QED) is 0.867. The molecule has 3 N–H and O–H groups in total. The van der Waals surface area contributed by atoms with Crippen molar-refractivity contribution in [2.24, 2.45) is 11.7 Å². The summed E-state index contributed by atoms with van der Waals surface area (Å²) >= 11 is 0. The minimum absolute atomic E-state index is 0. The van der Waals surface area contributed by atoms with Gasteiger partial charge in [-0.2, -0.15) is 0 Å². The van der Waals surface area contributed by atoms with Gasteiger partial charge in [0.15, 0.2) is 0 Å². The Morgan fingerprint density at radius 1 is 1.27 bits per heavy atom. The molecular weight excluding hydrogens is 302 g/mol. The summed E-state index contributed by atoms with van der Waals surface area (Å²) in [7, 11) is 3.36. The Morgan fingerprint density at radius 2 is 1.82 bits per heavy atom. The normalized spacial score (nSPS) is 13.0. The molecule has 0 aliphatic carbocycles. The maximum absolute atomic E-state index is 12.4. The predicted molar refractivity (Wildman–Crippen MR) is 91.5 cm³/mol. The number of amides is 2. The Bertz CT molecular complexity index is 532. The molecule has 1 aromatic rings. The molecule has 0 radical (unpaired) electrons. The Kier molecular flexibility index (Phi) is 7.56. The zero-order valence-electron chi connectivity index (χ0n) is 13.8. The summed E-state index contributed by atoms with van der Waals surface area (Å²) in [6.45, 7) is 6.30. The van der Waals surface area contributed by atoms with Crippen molar-refractivity contribution in [1.82, 2.24) is 10.2 Å². The van der Waals surface area contributed by atoms with Crippen LogP contribution in [0.2, 0.25) is 0 Å². The maximum Gasteiger partial charge on any atom is 0.253 e. The van der Waals surface area contributed by atoms with Gasteiger partial charge in [0.1, 0.15) is 0 Å². The van der Waals surface area contributed by atoms with Gasteiger partial charge in [-0.05, 0) is 31.0 Å². The van der Waals surface area contributed by atoms with Gasteiger partial charge in [-0.15, -0.1) is 12.4 Å². The van der Waals surface area contributed by atoms with Crippen molar-refractivity contribution in [2.45, 2.75) is 26.3 Å². The van der Waals surface area contributed by atoms with Crippen molar-refractivity contribution < 1.29 is 9.59 Å². The highest BCUT2D eigenvalue weighted by Gasteiger charge is 2.29. The fraction of sp³-hybridized carbons (Fsp3) is 0.500. The van der Waals surface area contributed by atoms with Crippen LogP contribution in [0, 0.1) is 5.92 Å². The van der Waals surface area contributed by atoms with Gasteiger partial charge in [0.05, 0.1) is 5.54 Å². The van der Waals surface area contributed by atoms with E-state index in [1.807, 2.05) is 20.8 Å². The van der Waals surface area contributed by atoms with Gasteiger partial charge in [-0.25, -0.2) is 0 Å². The molecule has 0 aliphatic rings. The Morgan fingerprint density at radius 3 is 2.27 bits per heavy atom. The average Bonchev–Trinajstić information content (AvgIpc) is 2.45. The molecule has 0 heterocycles. The van der Waals surface area contributed by atoms with E-state index in [0.717, 1.165) is 0 Å². The minimum Gasteiger partial charge on any atom is -0.345 e. The van der Waals surface area contributed by atoms with Crippen LogP contribution >= 0.6 is 12.4 Å². The van der Waals surface area contributed by atoms with Gasteiger partial charge in [0.2, 0.25) is 0 Å². The maximum atomic E-state index is 12.4. The fourth-order valence-electron chi connectivity index (χ4n) is 1.81. The summed E-state index contributed by atoms with van der Waals surface area (Å²) in [5.41, 5.74) is 6.26. The first-order valence-electron chi connectivity index (χ1n) is 7.05. The monoisotopic (exact) mass is 327 g/mol. The molecule has 1 unspecified atom stereocenters. The van der Waals surface area contributed by atoms with Crippen LogP contribution in [0.15, 0.2) is 24.3 Å². The largest absolute Gasteiger partial charge is 0.345 e. The lowest BCUT2D eigenvalue weighted by Crippen LogP contribution is -2.55. The van der Waals surface area contributed by atoms with Gasteiger partial charge >= 0.3 is 0 Å². The molecular formula is C16H26ClN3O2. The molecule has 0 saturated carbocycles. The van der Waals surface area contributed by atoms with Crippen LogP contribution in [0.25, 0.3) is 0 Å². The minimum atomic E-state index is -0.474. The second kappa shape index (κ2) is 8.15. The first-order valence-corrected chi connectivity index (χ1v) is 7.05. The third kappa shape index (κ3) is 4.71. The van der Waals surface area contributed by atoms with E-state index in [2.05, 4.69) is 5.32 Å².